The molecule has 2 rings (SSSR count). The number of nitrogens with one attached hydrogen (secondary N) is 1. The zero-order valence-electron chi connectivity index (χ0n) is 10.2. The molecule has 0 heterocycles. The first-order valence-corrected chi connectivity index (χ1v) is 5.90. The highest BCUT2D eigenvalue weighted by Crippen LogP contribution is 2.20. The molecule has 0 unspecified atom stereocenters. The van der Waals surface area contributed by atoms with Crippen molar-refractivity contribution in [2.24, 2.45) is 0 Å². The van der Waals surface area contributed by atoms with Crippen LogP contribution in [0, 0.1) is 11.2 Å². The topological polar surface area (TPSA) is 27.1 Å². The maximum atomic E-state index is 13.8. The summed E-state index contributed by atoms with van der Waals surface area (Å²) in [5.41, 5.74) is 1.22. The molecule has 0 aliphatic rings. The van der Waals surface area contributed by atoms with Crippen LogP contribution >= 0.6 is 0 Å². The van der Waals surface area contributed by atoms with Gasteiger partial charge in [0, 0.05) is 12.1 Å². The molecule has 2 aromatic carbocycles. The highest BCUT2D eigenvalue weighted by atomic mass is 19.1. The zero-order chi connectivity index (χ0) is 13.0. The molecule has 0 amide bonds. The monoisotopic (exact) mass is 242 g/mol. The van der Waals surface area contributed by atoms with Gasteiger partial charge in [-0.3, -0.25) is 5.41 Å². The zero-order valence-corrected chi connectivity index (χ0v) is 10.2. The molecule has 0 saturated carbocycles. The van der Waals surface area contributed by atoms with Crippen molar-refractivity contribution >= 4 is 11.5 Å². The fourth-order valence-electron chi connectivity index (χ4n) is 1.87. The lowest BCUT2D eigenvalue weighted by Crippen LogP contribution is -2.31. The molecule has 0 radical (unpaired) electrons. The Morgan fingerprint density at radius 1 is 1.06 bits per heavy atom. The van der Waals surface area contributed by atoms with Crippen molar-refractivity contribution in [3.63, 3.8) is 0 Å². The summed E-state index contributed by atoms with van der Waals surface area (Å²) >= 11 is 0. The van der Waals surface area contributed by atoms with E-state index < -0.39 is 0 Å². The largest absolute Gasteiger partial charge is 0.324 e. The summed E-state index contributed by atoms with van der Waals surface area (Å²) in [7, 11) is 0. The average Bonchev–Trinajstić information content (AvgIpc) is 2.42. The third-order valence-electron chi connectivity index (χ3n) is 2.78. The molecule has 0 aliphatic carbocycles. The number of nitrogens with zero attached hydrogens (tertiary/aromatic N) is 1. The van der Waals surface area contributed by atoms with Gasteiger partial charge in [-0.15, -0.1) is 0 Å². The molecule has 2 nitrogen and oxygen atoms in total. The van der Waals surface area contributed by atoms with Crippen LogP contribution < -0.4 is 4.90 Å². The lowest BCUT2D eigenvalue weighted by Gasteiger charge is -2.24. The Morgan fingerprint density at radius 3 is 2.28 bits per heavy atom. The lowest BCUT2D eigenvalue weighted by molar-refractivity contribution is 0.626. The highest BCUT2D eigenvalue weighted by Gasteiger charge is 2.15. The molecule has 0 fully saturated rings. The first-order valence-electron chi connectivity index (χ1n) is 5.90. The van der Waals surface area contributed by atoms with Gasteiger partial charge >= 0.3 is 0 Å². The molecule has 0 bridgehead atoms. The maximum Gasteiger partial charge on any atom is 0.146 e. The Kier molecular flexibility index (Phi) is 3.72. The van der Waals surface area contributed by atoms with E-state index in [1.807, 2.05) is 37.3 Å². The quantitative estimate of drug-likeness (QED) is 0.645. The van der Waals surface area contributed by atoms with Crippen LogP contribution in [0.3, 0.4) is 0 Å². The number of amidine groups is 1. The Labute approximate surface area is 106 Å². The van der Waals surface area contributed by atoms with Crippen LogP contribution in [0.2, 0.25) is 0 Å². The van der Waals surface area contributed by atoms with Crippen LogP contribution in [0.25, 0.3) is 0 Å². The van der Waals surface area contributed by atoms with E-state index in [0.717, 1.165) is 5.56 Å². The Hall–Kier alpha value is -2.16. The molecule has 0 saturated heterocycles. The molecule has 3 heteroatoms. The maximum absolute atomic E-state index is 13.8. The third kappa shape index (κ3) is 2.40. The lowest BCUT2D eigenvalue weighted by atomic mass is 10.1. The van der Waals surface area contributed by atoms with E-state index in [1.54, 1.807) is 23.1 Å². The number of benzene rings is 2. The van der Waals surface area contributed by atoms with Crippen molar-refractivity contribution in [1.82, 2.24) is 0 Å². The minimum Gasteiger partial charge on any atom is -0.324 e. The van der Waals surface area contributed by atoms with Gasteiger partial charge in [-0.05, 0) is 19.1 Å². The van der Waals surface area contributed by atoms with E-state index in [4.69, 9.17) is 5.41 Å². The molecular weight excluding hydrogens is 227 g/mol. The summed E-state index contributed by atoms with van der Waals surface area (Å²) in [6.07, 6.45) is 0. The van der Waals surface area contributed by atoms with E-state index in [-0.39, 0.29) is 5.82 Å². The first-order chi connectivity index (χ1) is 8.74. The number of halogens is 1. The van der Waals surface area contributed by atoms with Crippen molar-refractivity contribution < 1.29 is 4.39 Å². The standard InChI is InChI=1S/C15H15FN2/c1-2-18(14-11-7-6-10-13(14)16)15(17)12-8-4-3-5-9-12/h3-11,17H,2H2,1H3. The van der Waals surface area contributed by atoms with E-state index >= 15 is 0 Å². The van der Waals surface area contributed by atoms with Gasteiger partial charge in [-0.25, -0.2) is 4.39 Å². The molecule has 0 aliphatic heterocycles. The SMILES string of the molecule is CCN(C(=N)c1ccccc1)c1ccccc1F. The molecule has 1 N–H and O–H groups in total. The Balaban J connectivity index is 2.36. The van der Waals surface area contributed by atoms with Crippen molar-refractivity contribution in [2.45, 2.75) is 6.92 Å². The Bertz CT molecular complexity index is 537. The summed E-state index contributed by atoms with van der Waals surface area (Å²) in [5.74, 6) is 0.00299. The highest BCUT2D eigenvalue weighted by molar-refractivity contribution is 6.07. The fraction of sp³-hybridized carbons (Fsp3) is 0.133. The number of hydrogen-bond acceptors (Lipinski definition) is 1. The van der Waals surface area contributed by atoms with Crippen LogP contribution in [0.1, 0.15) is 12.5 Å². The summed E-state index contributed by atoms with van der Waals surface area (Å²) in [6, 6.07) is 15.9. The van der Waals surface area contributed by atoms with Gasteiger partial charge in [-0.2, -0.15) is 0 Å². The van der Waals surface area contributed by atoms with Crippen LogP contribution in [-0.4, -0.2) is 12.4 Å². The molecule has 0 spiro atoms. The van der Waals surface area contributed by atoms with Crippen LogP contribution in [0.5, 0.6) is 0 Å². The van der Waals surface area contributed by atoms with Gasteiger partial charge in [-0.1, -0.05) is 42.5 Å². The van der Waals surface area contributed by atoms with Gasteiger partial charge in [0.2, 0.25) is 0 Å². The second kappa shape index (κ2) is 5.45. The van der Waals surface area contributed by atoms with Crippen LogP contribution in [0.4, 0.5) is 10.1 Å². The minimum atomic E-state index is -0.306. The van der Waals surface area contributed by atoms with E-state index in [0.29, 0.717) is 18.1 Å². The fourth-order valence-corrected chi connectivity index (χ4v) is 1.87. The number of rotatable bonds is 3. The summed E-state index contributed by atoms with van der Waals surface area (Å²) in [5, 5.41) is 8.18. The summed E-state index contributed by atoms with van der Waals surface area (Å²) < 4.78 is 13.8. The van der Waals surface area contributed by atoms with E-state index in [9.17, 15) is 4.39 Å². The second-order valence-electron chi connectivity index (χ2n) is 3.91. The van der Waals surface area contributed by atoms with Crippen molar-refractivity contribution in [1.29, 1.82) is 5.41 Å². The van der Waals surface area contributed by atoms with Crippen molar-refractivity contribution in [3.8, 4) is 0 Å². The average molecular weight is 242 g/mol. The summed E-state index contributed by atoms with van der Waals surface area (Å²) in [6.45, 7) is 2.46. The minimum absolute atomic E-state index is 0.306. The molecule has 0 aromatic heterocycles. The Morgan fingerprint density at radius 2 is 1.67 bits per heavy atom. The normalized spacial score (nSPS) is 10.1. The number of anilines is 1. The summed E-state index contributed by atoms with van der Waals surface area (Å²) in [4.78, 5) is 1.66. The van der Waals surface area contributed by atoms with Gasteiger partial charge in [0.25, 0.3) is 0 Å². The third-order valence-corrected chi connectivity index (χ3v) is 2.78. The van der Waals surface area contributed by atoms with Crippen LogP contribution in [0.15, 0.2) is 54.6 Å². The van der Waals surface area contributed by atoms with E-state index in [2.05, 4.69) is 0 Å². The molecule has 0 atom stereocenters. The molecule has 18 heavy (non-hydrogen) atoms. The predicted molar refractivity (Wildman–Crippen MR) is 72.7 cm³/mol. The smallest absolute Gasteiger partial charge is 0.146 e. The van der Waals surface area contributed by atoms with Gasteiger partial charge in [0.1, 0.15) is 11.7 Å². The number of para-hydroxylation sites is 1. The molecule has 2 aromatic rings. The van der Waals surface area contributed by atoms with Crippen molar-refractivity contribution in [3.05, 3.63) is 66.0 Å². The van der Waals surface area contributed by atoms with Crippen LogP contribution in [-0.2, 0) is 0 Å². The molecule has 92 valence electrons. The van der Waals surface area contributed by atoms with Gasteiger partial charge in [0.15, 0.2) is 0 Å². The van der Waals surface area contributed by atoms with Crippen molar-refractivity contribution in [2.75, 3.05) is 11.4 Å². The first kappa shape index (κ1) is 12.3. The molecular formula is C15H15FN2. The number of hydrogen-bond donors (Lipinski definition) is 1. The van der Waals surface area contributed by atoms with Gasteiger partial charge in [0.05, 0.1) is 5.69 Å². The van der Waals surface area contributed by atoms with Gasteiger partial charge < -0.3 is 4.90 Å². The predicted octanol–water partition coefficient (Wildman–Crippen LogP) is 3.68. The van der Waals surface area contributed by atoms with E-state index in [1.165, 1.54) is 6.07 Å². The second-order valence-corrected chi connectivity index (χ2v) is 3.91.